The number of nitrogens with two attached hydrogens (primary N) is 1. The number of rotatable bonds is 5. The standard InChI is InChI=1S/C17H21BrN2/c1-12(2)9-13-3-5-14(6-4-13)11-20-17-8-7-15(18)10-16(17)19/h3-8,10,12,20H,9,11,19H2,1-2H3. The zero-order valence-corrected chi connectivity index (χ0v) is 13.6. The molecule has 2 nitrogen and oxygen atoms in total. The van der Waals surface area contributed by atoms with E-state index in [0.29, 0.717) is 5.92 Å². The molecule has 3 heteroatoms. The second-order valence-electron chi connectivity index (χ2n) is 5.50. The molecule has 0 aliphatic heterocycles. The van der Waals surface area contributed by atoms with Gasteiger partial charge in [0.05, 0.1) is 11.4 Å². The molecule has 106 valence electrons. The Bertz CT molecular complexity index is 562. The summed E-state index contributed by atoms with van der Waals surface area (Å²) in [5.74, 6) is 0.696. The number of nitrogens with one attached hydrogen (secondary N) is 1. The summed E-state index contributed by atoms with van der Waals surface area (Å²) in [6, 6.07) is 14.7. The zero-order chi connectivity index (χ0) is 14.5. The highest BCUT2D eigenvalue weighted by molar-refractivity contribution is 9.10. The Morgan fingerprint density at radius 3 is 2.30 bits per heavy atom. The first-order chi connectivity index (χ1) is 9.54. The van der Waals surface area contributed by atoms with Crippen LogP contribution in [0.5, 0.6) is 0 Å². The molecule has 2 aromatic rings. The average molecular weight is 333 g/mol. The topological polar surface area (TPSA) is 38.0 Å². The van der Waals surface area contributed by atoms with E-state index in [1.807, 2.05) is 18.2 Å². The first-order valence-corrected chi connectivity index (χ1v) is 7.70. The zero-order valence-electron chi connectivity index (χ0n) is 12.0. The van der Waals surface area contributed by atoms with Gasteiger partial charge in [-0.05, 0) is 41.7 Å². The molecule has 0 atom stereocenters. The minimum absolute atomic E-state index is 0.696. The van der Waals surface area contributed by atoms with Gasteiger partial charge >= 0.3 is 0 Å². The fraction of sp³-hybridized carbons (Fsp3) is 0.294. The van der Waals surface area contributed by atoms with Crippen molar-refractivity contribution in [1.82, 2.24) is 0 Å². The molecule has 0 heterocycles. The lowest BCUT2D eigenvalue weighted by molar-refractivity contribution is 0.647. The van der Waals surface area contributed by atoms with Gasteiger partial charge in [-0.15, -0.1) is 0 Å². The molecule has 0 fully saturated rings. The van der Waals surface area contributed by atoms with Gasteiger partial charge < -0.3 is 11.1 Å². The number of hydrogen-bond acceptors (Lipinski definition) is 2. The van der Waals surface area contributed by atoms with Crippen LogP contribution in [-0.4, -0.2) is 0 Å². The van der Waals surface area contributed by atoms with Crippen LogP contribution in [0.2, 0.25) is 0 Å². The van der Waals surface area contributed by atoms with Crippen molar-refractivity contribution in [3.8, 4) is 0 Å². The molecule has 0 radical (unpaired) electrons. The fourth-order valence-corrected chi connectivity index (χ4v) is 2.54. The molecule has 0 bridgehead atoms. The Labute approximate surface area is 129 Å². The predicted molar refractivity (Wildman–Crippen MR) is 90.9 cm³/mol. The third kappa shape index (κ3) is 4.27. The van der Waals surface area contributed by atoms with Gasteiger partial charge in [-0.1, -0.05) is 54.0 Å². The van der Waals surface area contributed by atoms with Gasteiger partial charge in [-0.25, -0.2) is 0 Å². The van der Waals surface area contributed by atoms with E-state index in [-0.39, 0.29) is 0 Å². The van der Waals surface area contributed by atoms with Gasteiger partial charge in [-0.3, -0.25) is 0 Å². The molecule has 0 unspecified atom stereocenters. The summed E-state index contributed by atoms with van der Waals surface area (Å²) in [5.41, 5.74) is 10.4. The molecular weight excluding hydrogens is 312 g/mol. The molecule has 3 N–H and O–H groups in total. The molecule has 0 aliphatic carbocycles. The van der Waals surface area contributed by atoms with Crippen molar-refractivity contribution < 1.29 is 0 Å². The number of halogens is 1. The second-order valence-corrected chi connectivity index (χ2v) is 6.42. The Balaban J connectivity index is 1.96. The molecule has 0 aliphatic rings. The van der Waals surface area contributed by atoms with E-state index in [0.717, 1.165) is 28.8 Å². The van der Waals surface area contributed by atoms with E-state index in [1.165, 1.54) is 11.1 Å². The molecule has 0 amide bonds. The van der Waals surface area contributed by atoms with Gasteiger partial charge in [0.1, 0.15) is 0 Å². The largest absolute Gasteiger partial charge is 0.397 e. The van der Waals surface area contributed by atoms with Gasteiger partial charge in [0.25, 0.3) is 0 Å². The lowest BCUT2D eigenvalue weighted by Gasteiger charge is -2.11. The number of nitrogen functional groups attached to an aromatic ring is 1. The summed E-state index contributed by atoms with van der Waals surface area (Å²) in [4.78, 5) is 0. The van der Waals surface area contributed by atoms with Crippen molar-refractivity contribution in [2.24, 2.45) is 5.92 Å². The Kier molecular flexibility index (Phi) is 5.07. The molecule has 0 saturated heterocycles. The molecule has 20 heavy (non-hydrogen) atoms. The van der Waals surface area contributed by atoms with Crippen LogP contribution in [0.15, 0.2) is 46.9 Å². The molecule has 2 rings (SSSR count). The summed E-state index contributed by atoms with van der Waals surface area (Å²) in [5, 5.41) is 3.37. The maximum absolute atomic E-state index is 5.97. The smallest absolute Gasteiger partial charge is 0.0577 e. The molecule has 2 aromatic carbocycles. The monoisotopic (exact) mass is 332 g/mol. The summed E-state index contributed by atoms with van der Waals surface area (Å²) in [6.07, 6.45) is 1.13. The number of benzene rings is 2. The van der Waals surface area contributed by atoms with Crippen molar-refractivity contribution >= 4 is 27.3 Å². The van der Waals surface area contributed by atoms with Crippen LogP contribution >= 0.6 is 15.9 Å². The van der Waals surface area contributed by atoms with Crippen molar-refractivity contribution in [1.29, 1.82) is 0 Å². The summed E-state index contributed by atoms with van der Waals surface area (Å²) in [6.45, 7) is 5.27. The predicted octanol–water partition coefficient (Wildman–Crippen LogP) is 4.84. The second kappa shape index (κ2) is 6.80. The lowest BCUT2D eigenvalue weighted by Crippen LogP contribution is -2.02. The van der Waals surface area contributed by atoms with Crippen LogP contribution in [0.25, 0.3) is 0 Å². The normalized spacial score (nSPS) is 10.8. The van der Waals surface area contributed by atoms with Gasteiger partial charge in [0.15, 0.2) is 0 Å². The highest BCUT2D eigenvalue weighted by Crippen LogP contribution is 2.23. The maximum atomic E-state index is 5.97. The van der Waals surface area contributed by atoms with Crippen LogP contribution in [0.3, 0.4) is 0 Å². The summed E-state index contributed by atoms with van der Waals surface area (Å²) in [7, 11) is 0. The molecular formula is C17H21BrN2. The first-order valence-electron chi connectivity index (χ1n) is 6.91. The highest BCUT2D eigenvalue weighted by atomic mass is 79.9. The van der Waals surface area contributed by atoms with E-state index < -0.39 is 0 Å². The van der Waals surface area contributed by atoms with Gasteiger partial charge in [-0.2, -0.15) is 0 Å². The fourth-order valence-electron chi connectivity index (χ4n) is 2.16. The Morgan fingerprint density at radius 1 is 1.05 bits per heavy atom. The van der Waals surface area contributed by atoms with Crippen LogP contribution in [-0.2, 0) is 13.0 Å². The lowest BCUT2D eigenvalue weighted by atomic mass is 10.0. The quantitative estimate of drug-likeness (QED) is 0.768. The average Bonchev–Trinajstić information content (AvgIpc) is 2.39. The van der Waals surface area contributed by atoms with Crippen LogP contribution in [0, 0.1) is 5.92 Å². The van der Waals surface area contributed by atoms with Crippen molar-refractivity contribution in [2.75, 3.05) is 11.1 Å². The van der Waals surface area contributed by atoms with E-state index >= 15 is 0 Å². The minimum Gasteiger partial charge on any atom is -0.397 e. The number of hydrogen-bond donors (Lipinski definition) is 2. The van der Waals surface area contributed by atoms with Gasteiger partial charge in [0.2, 0.25) is 0 Å². The van der Waals surface area contributed by atoms with Crippen molar-refractivity contribution in [3.63, 3.8) is 0 Å². The van der Waals surface area contributed by atoms with E-state index in [2.05, 4.69) is 59.4 Å². The first kappa shape index (κ1) is 14.9. The molecule has 0 aromatic heterocycles. The van der Waals surface area contributed by atoms with Crippen LogP contribution < -0.4 is 11.1 Å². The van der Waals surface area contributed by atoms with E-state index in [4.69, 9.17) is 5.73 Å². The third-order valence-corrected chi connectivity index (χ3v) is 3.66. The maximum Gasteiger partial charge on any atom is 0.0577 e. The molecule has 0 spiro atoms. The number of anilines is 2. The van der Waals surface area contributed by atoms with Gasteiger partial charge in [0, 0.05) is 11.0 Å². The SMILES string of the molecule is CC(C)Cc1ccc(CNc2ccc(Br)cc2N)cc1. The Morgan fingerprint density at radius 2 is 1.70 bits per heavy atom. The third-order valence-electron chi connectivity index (χ3n) is 3.16. The van der Waals surface area contributed by atoms with Crippen molar-refractivity contribution in [3.05, 3.63) is 58.1 Å². The summed E-state index contributed by atoms with van der Waals surface area (Å²) >= 11 is 3.41. The summed E-state index contributed by atoms with van der Waals surface area (Å²) < 4.78 is 0.999. The van der Waals surface area contributed by atoms with E-state index in [9.17, 15) is 0 Å². The van der Waals surface area contributed by atoms with Crippen molar-refractivity contribution in [2.45, 2.75) is 26.8 Å². The van der Waals surface area contributed by atoms with E-state index in [1.54, 1.807) is 0 Å². The van der Waals surface area contributed by atoms with Crippen LogP contribution in [0.1, 0.15) is 25.0 Å². The van der Waals surface area contributed by atoms with Crippen LogP contribution in [0.4, 0.5) is 11.4 Å². The Hall–Kier alpha value is -1.48. The minimum atomic E-state index is 0.696. The molecule has 0 saturated carbocycles. The highest BCUT2D eigenvalue weighted by Gasteiger charge is 2.01.